The largest absolute Gasteiger partial charge is 0.486 e. The lowest BCUT2D eigenvalue weighted by atomic mass is 10.1. The number of hydrogen-bond acceptors (Lipinski definition) is 3. The molecule has 1 aliphatic heterocycles. The molecule has 0 aliphatic carbocycles. The van der Waals surface area contributed by atoms with Crippen molar-refractivity contribution in [2.24, 2.45) is 0 Å². The van der Waals surface area contributed by atoms with Crippen LogP contribution in [0.15, 0.2) is 66.4 Å². The van der Waals surface area contributed by atoms with E-state index in [2.05, 4.69) is 5.32 Å². The monoisotopic (exact) mass is 484 g/mol. The number of nitrogens with one attached hydrogen (secondary N) is 1. The van der Waals surface area contributed by atoms with Gasteiger partial charge in [-0.15, -0.1) is 0 Å². The van der Waals surface area contributed by atoms with E-state index in [1.165, 1.54) is 12.1 Å². The zero-order valence-corrected chi connectivity index (χ0v) is 19.1. The lowest BCUT2D eigenvalue weighted by Gasteiger charge is -2.12. The Hall–Kier alpha value is -3.35. The van der Waals surface area contributed by atoms with Crippen LogP contribution in [0.3, 0.4) is 0 Å². The average molecular weight is 485 g/mol. The van der Waals surface area contributed by atoms with Crippen LogP contribution >= 0.6 is 23.2 Å². The van der Waals surface area contributed by atoms with Gasteiger partial charge in [-0.3, -0.25) is 9.69 Å². The molecule has 1 aliphatic rings. The summed E-state index contributed by atoms with van der Waals surface area (Å²) in [4.78, 5) is 26.2. The van der Waals surface area contributed by atoms with Gasteiger partial charge in [0.2, 0.25) is 0 Å². The van der Waals surface area contributed by atoms with Crippen LogP contribution < -0.4 is 10.1 Å². The quantitative estimate of drug-likeness (QED) is 0.339. The molecule has 1 saturated heterocycles. The Morgan fingerprint density at radius 3 is 2.36 bits per heavy atom. The van der Waals surface area contributed by atoms with Gasteiger partial charge in [-0.1, -0.05) is 71.2 Å². The zero-order chi connectivity index (χ0) is 23.5. The molecule has 33 heavy (non-hydrogen) atoms. The van der Waals surface area contributed by atoms with E-state index in [0.717, 1.165) is 16.0 Å². The highest BCUT2D eigenvalue weighted by Gasteiger charge is 2.33. The van der Waals surface area contributed by atoms with Crippen LogP contribution in [0.5, 0.6) is 5.75 Å². The van der Waals surface area contributed by atoms with E-state index in [4.69, 9.17) is 27.9 Å². The molecule has 8 heteroatoms. The van der Waals surface area contributed by atoms with Crippen LogP contribution in [-0.2, 0) is 17.9 Å². The number of urea groups is 1. The molecular weight excluding hydrogens is 466 g/mol. The van der Waals surface area contributed by atoms with Gasteiger partial charge in [-0.05, 0) is 42.3 Å². The topological polar surface area (TPSA) is 58.6 Å². The van der Waals surface area contributed by atoms with Crippen molar-refractivity contribution in [3.63, 3.8) is 0 Å². The van der Waals surface area contributed by atoms with Crippen molar-refractivity contribution >= 4 is 41.2 Å². The molecule has 0 spiro atoms. The minimum absolute atomic E-state index is 0.0466. The Morgan fingerprint density at radius 1 is 1.03 bits per heavy atom. The van der Waals surface area contributed by atoms with Crippen molar-refractivity contribution in [1.29, 1.82) is 0 Å². The lowest BCUT2D eigenvalue weighted by Crippen LogP contribution is -2.30. The van der Waals surface area contributed by atoms with E-state index in [1.54, 1.807) is 30.3 Å². The van der Waals surface area contributed by atoms with Crippen LogP contribution in [0, 0.1) is 12.7 Å². The Morgan fingerprint density at radius 2 is 1.70 bits per heavy atom. The third-order valence-electron chi connectivity index (χ3n) is 5.09. The normalized spacial score (nSPS) is 14.7. The molecule has 4 rings (SSSR count). The molecule has 0 atom stereocenters. The van der Waals surface area contributed by atoms with Crippen molar-refractivity contribution in [2.45, 2.75) is 20.1 Å². The first-order valence-corrected chi connectivity index (χ1v) is 10.8. The molecule has 1 heterocycles. The third-order valence-corrected chi connectivity index (χ3v) is 5.65. The Bertz CT molecular complexity index is 1240. The molecule has 3 aromatic rings. The van der Waals surface area contributed by atoms with Crippen molar-refractivity contribution < 1.29 is 18.7 Å². The number of nitrogens with zero attached hydrogens (tertiary/aromatic N) is 1. The van der Waals surface area contributed by atoms with Crippen LogP contribution in [0.4, 0.5) is 9.18 Å². The highest BCUT2D eigenvalue weighted by atomic mass is 35.5. The summed E-state index contributed by atoms with van der Waals surface area (Å²) in [7, 11) is 0. The van der Waals surface area contributed by atoms with Gasteiger partial charge in [0.15, 0.2) is 5.75 Å². The number of imide groups is 1. The van der Waals surface area contributed by atoms with Gasteiger partial charge in [0.1, 0.15) is 18.1 Å². The summed E-state index contributed by atoms with van der Waals surface area (Å²) in [6, 6.07) is 16.4. The Labute approximate surface area is 200 Å². The van der Waals surface area contributed by atoms with Crippen molar-refractivity contribution in [3.05, 3.63) is 104 Å². The molecule has 168 valence electrons. The molecule has 3 amide bonds. The standard InChI is InChI=1S/C25H19Cl2FN2O3/c1-15-6-8-16(9-7-15)13-30-24(31)22(29-25(30)32)12-17-10-19(26)23(20(27)11-17)33-14-18-4-2-3-5-21(18)28/h2-12H,13-14H2,1H3,(H,29,32)/b22-12+. The second-order valence-corrected chi connectivity index (χ2v) is 8.37. The molecule has 1 fully saturated rings. The number of benzene rings is 3. The van der Waals surface area contributed by atoms with Crippen LogP contribution in [0.1, 0.15) is 22.3 Å². The highest BCUT2D eigenvalue weighted by molar-refractivity contribution is 6.37. The van der Waals surface area contributed by atoms with E-state index in [9.17, 15) is 14.0 Å². The molecular formula is C25H19Cl2FN2O3. The van der Waals surface area contributed by atoms with Crippen molar-refractivity contribution in [2.75, 3.05) is 0 Å². The number of hydrogen-bond donors (Lipinski definition) is 1. The molecule has 0 radical (unpaired) electrons. The summed E-state index contributed by atoms with van der Waals surface area (Å²) in [5.74, 6) is -0.643. The average Bonchev–Trinajstić information content (AvgIpc) is 3.03. The fourth-order valence-electron chi connectivity index (χ4n) is 3.32. The number of ether oxygens (including phenoxy) is 1. The fraction of sp³-hybridized carbons (Fsp3) is 0.120. The summed E-state index contributed by atoms with van der Waals surface area (Å²) in [5, 5.41) is 2.97. The first-order valence-electron chi connectivity index (χ1n) is 10.1. The van der Waals surface area contributed by atoms with Crippen LogP contribution in [0.25, 0.3) is 6.08 Å². The smallest absolute Gasteiger partial charge is 0.329 e. The number of rotatable bonds is 6. The Kier molecular flexibility index (Phi) is 6.67. The van der Waals surface area contributed by atoms with E-state index in [1.807, 2.05) is 31.2 Å². The van der Waals surface area contributed by atoms with Gasteiger partial charge in [0, 0.05) is 5.56 Å². The third kappa shape index (κ3) is 5.18. The molecule has 1 N–H and O–H groups in total. The van der Waals surface area contributed by atoms with E-state index in [0.29, 0.717) is 11.1 Å². The van der Waals surface area contributed by atoms with E-state index >= 15 is 0 Å². The molecule has 0 unspecified atom stereocenters. The maximum atomic E-state index is 13.8. The van der Waals surface area contributed by atoms with Gasteiger partial charge in [-0.25, -0.2) is 9.18 Å². The zero-order valence-electron chi connectivity index (χ0n) is 17.6. The van der Waals surface area contributed by atoms with Gasteiger partial charge < -0.3 is 10.1 Å². The molecule has 0 bridgehead atoms. The van der Waals surface area contributed by atoms with Crippen LogP contribution in [0.2, 0.25) is 10.0 Å². The fourth-order valence-corrected chi connectivity index (χ4v) is 3.94. The predicted molar refractivity (Wildman–Crippen MR) is 125 cm³/mol. The van der Waals surface area contributed by atoms with Gasteiger partial charge in [-0.2, -0.15) is 0 Å². The molecule has 0 aromatic heterocycles. The number of carbonyl (C=O) groups is 2. The number of amides is 3. The lowest BCUT2D eigenvalue weighted by molar-refractivity contribution is -0.123. The second-order valence-electron chi connectivity index (χ2n) is 7.56. The summed E-state index contributed by atoms with van der Waals surface area (Å²) in [6.45, 7) is 2.08. The summed E-state index contributed by atoms with van der Waals surface area (Å²) >= 11 is 12.6. The molecule has 5 nitrogen and oxygen atoms in total. The minimum atomic E-state index is -0.506. The van der Waals surface area contributed by atoms with Gasteiger partial charge in [0.05, 0.1) is 16.6 Å². The summed E-state index contributed by atoms with van der Waals surface area (Å²) in [5.41, 5.74) is 2.91. The summed E-state index contributed by atoms with van der Waals surface area (Å²) < 4.78 is 19.4. The molecule has 0 saturated carbocycles. The minimum Gasteiger partial charge on any atom is -0.486 e. The maximum absolute atomic E-state index is 13.8. The van der Waals surface area contributed by atoms with Gasteiger partial charge in [0.25, 0.3) is 5.91 Å². The van der Waals surface area contributed by atoms with E-state index < -0.39 is 17.8 Å². The number of carbonyl (C=O) groups excluding carboxylic acids is 2. The highest BCUT2D eigenvalue weighted by Crippen LogP contribution is 2.35. The van der Waals surface area contributed by atoms with Gasteiger partial charge >= 0.3 is 6.03 Å². The number of halogens is 3. The second kappa shape index (κ2) is 9.65. The number of aryl methyl sites for hydroxylation is 1. The molecule has 3 aromatic carbocycles. The Balaban J connectivity index is 1.50. The first kappa shape index (κ1) is 22.8. The first-order chi connectivity index (χ1) is 15.8. The maximum Gasteiger partial charge on any atom is 0.329 e. The van der Waals surface area contributed by atoms with Crippen molar-refractivity contribution in [3.8, 4) is 5.75 Å². The summed E-state index contributed by atoms with van der Waals surface area (Å²) in [6.07, 6.45) is 1.49. The van der Waals surface area contributed by atoms with Crippen LogP contribution in [-0.4, -0.2) is 16.8 Å². The van der Waals surface area contributed by atoms with Crippen molar-refractivity contribution in [1.82, 2.24) is 10.2 Å². The predicted octanol–water partition coefficient (Wildman–Crippen LogP) is 6.11. The van der Waals surface area contributed by atoms with E-state index in [-0.39, 0.29) is 34.6 Å². The SMILES string of the molecule is Cc1ccc(CN2C(=O)N/C(=C/c3cc(Cl)c(OCc4ccccc4F)c(Cl)c3)C2=O)cc1.